The molecule has 0 aliphatic heterocycles. The van der Waals surface area contributed by atoms with Gasteiger partial charge in [0.15, 0.2) is 0 Å². The van der Waals surface area contributed by atoms with E-state index in [9.17, 15) is 5.11 Å². The molecule has 3 rings (SSSR count). The lowest BCUT2D eigenvalue weighted by atomic mass is 10.2. The fourth-order valence-electron chi connectivity index (χ4n) is 1.98. The second kappa shape index (κ2) is 5.40. The highest BCUT2D eigenvalue weighted by Crippen LogP contribution is 2.35. The Bertz CT molecular complexity index is 647. The molecule has 2 aromatic heterocycles. The van der Waals surface area contributed by atoms with Gasteiger partial charge in [-0.15, -0.1) is 0 Å². The van der Waals surface area contributed by atoms with E-state index in [0.717, 1.165) is 0 Å². The van der Waals surface area contributed by atoms with Gasteiger partial charge in [0.1, 0.15) is 11.6 Å². The van der Waals surface area contributed by atoms with Crippen LogP contribution in [0.15, 0.2) is 73.1 Å². The molecule has 0 bridgehead atoms. The summed E-state index contributed by atoms with van der Waals surface area (Å²) in [4.78, 5) is 10.4. The van der Waals surface area contributed by atoms with Crippen LogP contribution < -0.4 is 10.0 Å². The smallest absolute Gasteiger partial charge is 0.138 e. The van der Waals surface area contributed by atoms with Crippen molar-refractivity contribution < 1.29 is 5.11 Å². The van der Waals surface area contributed by atoms with E-state index in [1.807, 2.05) is 42.5 Å². The molecule has 0 aliphatic carbocycles. The standard InChI is InChI=1S/C16H13N3O/c20-14-8-2-1-7-13(14)19(15-9-3-5-11-17-15)16-10-4-6-12-18-16/h1-12,20H/p-1. The van der Waals surface area contributed by atoms with Gasteiger partial charge in [0.2, 0.25) is 0 Å². The first-order valence-electron chi connectivity index (χ1n) is 6.24. The van der Waals surface area contributed by atoms with E-state index in [2.05, 4.69) is 9.97 Å². The lowest BCUT2D eigenvalue weighted by Crippen LogP contribution is -2.14. The molecule has 0 aliphatic rings. The maximum Gasteiger partial charge on any atom is 0.138 e. The third-order valence-corrected chi connectivity index (χ3v) is 2.86. The molecular formula is C16H12N3O-. The fourth-order valence-corrected chi connectivity index (χ4v) is 1.98. The Hall–Kier alpha value is -2.88. The molecule has 20 heavy (non-hydrogen) atoms. The van der Waals surface area contributed by atoms with Gasteiger partial charge in [-0.3, -0.25) is 4.90 Å². The van der Waals surface area contributed by atoms with Crippen LogP contribution in [0.1, 0.15) is 0 Å². The Labute approximate surface area is 117 Å². The molecule has 1 aromatic carbocycles. The maximum absolute atomic E-state index is 12.1. The predicted octanol–water partition coefficient (Wildman–Crippen LogP) is 3.02. The zero-order valence-electron chi connectivity index (χ0n) is 10.7. The van der Waals surface area contributed by atoms with Crippen molar-refractivity contribution in [1.82, 2.24) is 9.97 Å². The van der Waals surface area contributed by atoms with Gasteiger partial charge in [-0.1, -0.05) is 36.1 Å². The van der Waals surface area contributed by atoms with E-state index < -0.39 is 0 Å². The van der Waals surface area contributed by atoms with Gasteiger partial charge in [0.25, 0.3) is 0 Å². The van der Waals surface area contributed by atoms with Gasteiger partial charge in [0, 0.05) is 18.1 Å². The summed E-state index contributed by atoms with van der Waals surface area (Å²) in [6.07, 6.45) is 3.39. The Morgan fingerprint density at radius 3 is 1.75 bits per heavy atom. The number of nitrogens with zero attached hydrogens (tertiary/aromatic N) is 3. The monoisotopic (exact) mass is 262 g/mol. The van der Waals surface area contributed by atoms with Crippen molar-refractivity contribution in [3.8, 4) is 5.75 Å². The molecule has 98 valence electrons. The molecular weight excluding hydrogens is 250 g/mol. The van der Waals surface area contributed by atoms with E-state index in [4.69, 9.17) is 0 Å². The zero-order chi connectivity index (χ0) is 13.8. The fraction of sp³-hybridized carbons (Fsp3) is 0. The predicted molar refractivity (Wildman–Crippen MR) is 76.2 cm³/mol. The number of para-hydroxylation sites is 2. The minimum absolute atomic E-state index is 0.0659. The molecule has 0 amide bonds. The van der Waals surface area contributed by atoms with Crippen molar-refractivity contribution in [2.75, 3.05) is 4.90 Å². The molecule has 2 heterocycles. The lowest BCUT2D eigenvalue weighted by molar-refractivity contribution is -0.267. The summed E-state index contributed by atoms with van der Waals surface area (Å²) in [6, 6.07) is 18.0. The van der Waals surface area contributed by atoms with E-state index in [1.54, 1.807) is 29.4 Å². The van der Waals surface area contributed by atoms with Crippen LogP contribution in [0.25, 0.3) is 0 Å². The van der Waals surface area contributed by atoms with Gasteiger partial charge >= 0.3 is 0 Å². The highest BCUT2D eigenvalue weighted by molar-refractivity contribution is 5.75. The van der Waals surface area contributed by atoms with Gasteiger partial charge in [-0.05, 0) is 30.3 Å². The highest BCUT2D eigenvalue weighted by Gasteiger charge is 2.14. The first kappa shape index (κ1) is 12.2. The number of hydrogen-bond donors (Lipinski definition) is 0. The summed E-state index contributed by atoms with van der Waals surface area (Å²) in [5.74, 6) is 1.26. The summed E-state index contributed by atoms with van der Waals surface area (Å²) < 4.78 is 0. The summed E-state index contributed by atoms with van der Waals surface area (Å²) in [5, 5.41) is 12.1. The lowest BCUT2D eigenvalue weighted by Gasteiger charge is -2.27. The zero-order valence-corrected chi connectivity index (χ0v) is 10.7. The highest BCUT2D eigenvalue weighted by atomic mass is 16.3. The molecule has 0 saturated heterocycles. The van der Waals surface area contributed by atoms with Crippen LogP contribution in [-0.2, 0) is 0 Å². The molecule has 0 saturated carbocycles. The molecule has 0 radical (unpaired) electrons. The number of hydrogen-bond acceptors (Lipinski definition) is 4. The number of aromatic nitrogens is 2. The van der Waals surface area contributed by atoms with E-state index in [-0.39, 0.29) is 5.75 Å². The molecule has 0 spiro atoms. The second-order valence-electron chi connectivity index (χ2n) is 4.18. The van der Waals surface area contributed by atoms with Crippen molar-refractivity contribution in [3.63, 3.8) is 0 Å². The van der Waals surface area contributed by atoms with Gasteiger partial charge in [-0.25, -0.2) is 9.97 Å². The second-order valence-corrected chi connectivity index (χ2v) is 4.18. The van der Waals surface area contributed by atoms with Crippen LogP contribution in [0.2, 0.25) is 0 Å². The van der Waals surface area contributed by atoms with Gasteiger partial charge < -0.3 is 5.11 Å². The van der Waals surface area contributed by atoms with Crippen molar-refractivity contribution in [2.24, 2.45) is 0 Å². The SMILES string of the molecule is [O-]c1ccccc1N(c1ccccn1)c1ccccn1. The number of rotatable bonds is 3. The first-order chi connectivity index (χ1) is 9.86. The Balaban J connectivity index is 2.17. The van der Waals surface area contributed by atoms with Crippen molar-refractivity contribution >= 4 is 17.3 Å². The van der Waals surface area contributed by atoms with E-state index >= 15 is 0 Å². The largest absolute Gasteiger partial charge is 0.871 e. The molecule has 0 fully saturated rings. The maximum atomic E-state index is 12.1. The minimum atomic E-state index is -0.0659. The third-order valence-electron chi connectivity index (χ3n) is 2.86. The van der Waals surface area contributed by atoms with Gasteiger partial charge in [0.05, 0.1) is 0 Å². The summed E-state index contributed by atoms with van der Waals surface area (Å²) in [7, 11) is 0. The Kier molecular flexibility index (Phi) is 3.29. The Morgan fingerprint density at radius 1 is 0.700 bits per heavy atom. The molecule has 4 nitrogen and oxygen atoms in total. The minimum Gasteiger partial charge on any atom is -0.871 e. The summed E-state index contributed by atoms with van der Waals surface area (Å²) >= 11 is 0. The van der Waals surface area contributed by atoms with Crippen LogP contribution in [0.4, 0.5) is 17.3 Å². The van der Waals surface area contributed by atoms with Crippen LogP contribution in [0.5, 0.6) is 5.75 Å². The average Bonchev–Trinajstić information content (AvgIpc) is 2.52. The van der Waals surface area contributed by atoms with Crippen molar-refractivity contribution in [3.05, 3.63) is 73.1 Å². The van der Waals surface area contributed by atoms with Crippen molar-refractivity contribution in [2.45, 2.75) is 0 Å². The number of anilines is 3. The van der Waals surface area contributed by atoms with Crippen molar-refractivity contribution in [1.29, 1.82) is 0 Å². The van der Waals surface area contributed by atoms with E-state index in [1.165, 1.54) is 6.07 Å². The quantitative estimate of drug-likeness (QED) is 0.728. The molecule has 0 N–H and O–H groups in total. The van der Waals surface area contributed by atoms with Crippen LogP contribution in [-0.4, -0.2) is 9.97 Å². The van der Waals surface area contributed by atoms with Crippen LogP contribution in [0.3, 0.4) is 0 Å². The third kappa shape index (κ3) is 2.31. The molecule has 0 unspecified atom stereocenters. The normalized spacial score (nSPS) is 10.2. The number of pyridine rings is 2. The molecule has 0 atom stereocenters. The van der Waals surface area contributed by atoms with Crippen LogP contribution in [0, 0.1) is 0 Å². The van der Waals surface area contributed by atoms with Crippen LogP contribution >= 0.6 is 0 Å². The molecule has 3 aromatic rings. The summed E-state index contributed by atoms with van der Waals surface area (Å²) in [5.41, 5.74) is 0.532. The Morgan fingerprint density at radius 2 is 1.25 bits per heavy atom. The van der Waals surface area contributed by atoms with Gasteiger partial charge in [-0.2, -0.15) is 0 Å². The first-order valence-corrected chi connectivity index (χ1v) is 6.24. The summed E-state index contributed by atoms with van der Waals surface area (Å²) in [6.45, 7) is 0. The molecule has 4 heteroatoms. The average molecular weight is 262 g/mol. The van der Waals surface area contributed by atoms with E-state index in [0.29, 0.717) is 17.3 Å². The number of benzene rings is 1. The topological polar surface area (TPSA) is 52.1 Å².